The number of anilines is 1. The number of nitrogens with zero attached hydrogens (tertiary/aromatic N) is 1. The number of nitrogens with two attached hydrogens (primary N) is 1. The van der Waals surface area contributed by atoms with Crippen molar-refractivity contribution in [2.45, 2.75) is 33.1 Å². The lowest BCUT2D eigenvalue weighted by atomic mass is 9.96. The van der Waals surface area contributed by atoms with Gasteiger partial charge in [-0.15, -0.1) is 0 Å². The van der Waals surface area contributed by atoms with Crippen molar-refractivity contribution in [3.05, 3.63) is 29.6 Å². The largest absolute Gasteiger partial charge is 0.339 e. The van der Waals surface area contributed by atoms with Gasteiger partial charge in [-0.2, -0.15) is 0 Å². The molecule has 1 fully saturated rings. The van der Waals surface area contributed by atoms with E-state index in [1.165, 1.54) is 12.1 Å². The van der Waals surface area contributed by atoms with Gasteiger partial charge in [-0.1, -0.05) is 13.8 Å². The Bertz CT molecular complexity index is 596. The van der Waals surface area contributed by atoms with Crippen LogP contribution < -0.4 is 11.1 Å². The zero-order valence-electron chi connectivity index (χ0n) is 14.3. The molecule has 2 amide bonds. The molecule has 0 aromatic heterocycles. The van der Waals surface area contributed by atoms with Gasteiger partial charge in [0, 0.05) is 25.1 Å². The molecule has 0 bridgehead atoms. The summed E-state index contributed by atoms with van der Waals surface area (Å²) in [6.07, 6.45) is 2.10. The molecule has 132 valence electrons. The van der Waals surface area contributed by atoms with Crippen molar-refractivity contribution in [1.29, 1.82) is 0 Å². The van der Waals surface area contributed by atoms with Crippen LogP contribution >= 0.6 is 0 Å². The van der Waals surface area contributed by atoms with Crippen LogP contribution in [-0.4, -0.2) is 36.3 Å². The van der Waals surface area contributed by atoms with Gasteiger partial charge in [0.05, 0.1) is 5.69 Å². The Morgan fingerprint density at radius 3 is 2.54 bits per heavy atom. The summed E-state index contributed by atoms with van der Waals surface area (Å²) in [4.78, 5) is 25.9. The lowest BCUT2D eigenvalue weighted by Crippen LogP contribution is -2.40. The van der Waals surface area contributed by atoms with E-state index in [4.69, 9.17) is 5.73 Å². The highest BCUT2D eigenvalue weighted by molar-refractivity contribution is 5.96. The van der Waals surface area contributed by atoms with Crippen LogP contribution in [0.3, 0.4) is 0 Å². The SMILES string of the molecule is CC(C)CC(=O)Nc1ccc(C(=O)N2CCC(CN)CC2)cc1F. The molecular weight excluding hydrogens is 309 g/mol. The minimum atomic E-state index is -0.588. The molecule has 0 saturated carbocycles. The van der Waals surface area contributed by atoms with Crippen LogP contribution in [0.1, 0.15) is 43.5 Å². The summed E-state index contributed by atoms with van der Waals surface area (Å²) in [5.41, 5.74) is 6.07. The van der Waals surface area contributed by atoms with Crippen LogP contribution in [-0.2, 0) is 4.79 Å². The fraction of sp³-hybridized carbons (Fsp3) is 0.556. The molecule has 0 aliphatic carbocycles. The summed E-state index contributed by atoms with van der Waals surface area (Å²) in [6, 6.07) is 4.21. The number of carbonyl (C=O) groups excluding carboxylic acids is 2. The summed E-state index contributed by atoms with van der Waals surface area (Å²) >= 11 is 0. The summed E-state index contributed by atoms with van der Waals surface area (Å²) in [6.45, 7) is 5.78. The highest BCUT2D eigenvalue weighted by Crippen LogP contribution is 2.21. The molecule has 1 aromatic rings. The van der Waals surface area contributed by atoms with E-state index in [0.29, 0.717) is 37.5 Å². The molecule has 24 heavy (non-hydrogen) atoms. The van der Waals surface area contributed by atoms with Gasteiger partial charge in [-0.3, -0.25) is 9.59 Å². The third-order valence-corrected chi connectivity index (χ3v) is 4.32. The Morgan fingerprint density at radius 1 is 1.33 bits per heavy atom. The van der Waals surface area contributed by atoms with E-state index in [-0.39, 0.29) is 23.4 Å². The molecule has 1 aliphatic rings. The van der Waals surface area contributed by atoms with Gasteiger partial charge in [-0.05, 0) is 49.4 Å². The van der Waals surface area contributed by atoms with E-state index >= 15 is 0 Å². The van der Waals surface area contributed by atoms with Crippen molar-refractivity contribution in [1.82, 2.24) is 4.90 Å². The van der Waals surface area contributed by atoms with Gasteiger partial charge in [-0.25, -0.2) is 4.39 Å². The molecule has 3 N–H and O–H groups in total. The van der Waals surface area contributed by atoms with E-state index < -0.39 is 5.82 Å². The molecule has 1 heterocycles. The number of piperidine rings is 1. The Labute approximate surface area is 142 Å². The minimum absolute atomic E-state index is 0.110. The van der Waals surface area contributed by atoms with Crippen molar-refractivity contribution in [3.8, 4) is 0 Å². The Hall–Kier alpha value is -1.95. The van der Waals surface area contributed by atoms with Gasteiger partial charge in [0.25, 0.3) is 5.91 Å². The van der Waals surface area contributed by atoms with Crippen LogP contribution in [0.25, 0.3) is 0 Å². The zero-order chi connectivity index (χ0) is 17.7. The molecule has 6 heteroatoms. The van der Waals surface area contributed by atoms with Gasteiger partial charge >= 0.3 is 0 Å². The highest BCUT2D eigenvalue weighted by Gasteiger charge is 2.23. The number of nitrogens with one attached hydrogen (secondary N) is 1. The second kappa shape index (κ2) is 8.24. The monoisotopic (exact) mass is 335 g/mol. The predicted octanol–water partition coefficient (Wildman–Crippen LogP) is 2.62. The van der Waals surface area contributed by atoms with Gasteiger partial charge in [0.15, 0.2) is 0 Å². The second-order valence-electron chi connectivity index (χ2n) is 6.81. The number of halogens is 1. The van der Waals surface area contributed by atoms with Crippen molar-refractivity contribution in [3.63, 3.8) is 0 Å². The first-order valence-electron chi connectivity index (χ1n) is 8.49. The Kier molecular flexibility index (Phi) is 6.31. The quantitative estimate of drug-likeness (QED) is 0.868. The Balaban J connectivity index is 2.01. The molecular formula is C18H26FN3O2. The Morgan fingerprint density at radius 2 is 2.00 bits per heavy atom. The topological polar surface area (TPSA) is 75.4 Å². The average Bonchev–Trinajstić information content (AvgIpc) is 2.55. The standard InChI is InChI=1S/C18H26FN3O2/c1-12(2)9-17(23)21-16-4-3-14(10-15(16)19)18(24)22-7-5-13(11-20)6-8-22/h3-4,10,12-13H,5-9,11,20H2,1-2H3,(H,21,23). The molecule has 1 saturated heterocycles. The van der Waals surface area contributed by atoms with Crippen LogP contribution in [0.2, 0.25) is 0 Å². The molecule has 0 spiro atoms. The molecule has 0 atom stereocenters. The third kappa shape index (κ3) is 4.77. The number of carbonyl (C=O) groups is 2. The number of hydrogen-bond donors (Lipinski definition) is 2. The number of rotatable bonds is 5. The number of hydrogen-bond acceptors (Lipinski definition) is 3. The van der Waals surface area contributed by atoms with Crippen molar-refractivity contribution < 1.29 is 14.0 Å². The number of likely N-dealkylation sites (tertiary alicyclic amines) is 1. The second-order valence-corrected chi connectivity index (χ2v) is 6.81. The summed E-state index contributed by atoms with van der Waals surface area (Å²) in [7, 11) is 0. The van der Waals surface area contributed by atoms with Crippen LogP contribution in [0.5, 0.6) is 0 Å². The van der Waals surface area contributed by atoms with Crippen molar-refractivity contribution in [2.75, 3.05) is 25.0 Å². The van der Waals surface area contributed by atoms with Crippen LogP contribution in [0, 0.1) is 17.7 Å². The summed E-state index contributed by atoms with van der Waals surface area (Å²) in [5.74, 6) is -0.333. The first-order valence-corrected chi connectivity index (χ1v) is 8.49. The lowest BCUT2D eigenvalue weighted by molar-refractivity contribution is -0.116. The first-order chi connectivity index (χ1) is 11.4. The van der Waals surface area contributed by atoms with Gasteiger partial charge in [0.2, 0.25) is 5.91 Å². The predicted molar refractivity (Wildman–Crippen MR) is 92.2 cm³/mol. The lowest BCUT2D eigenvalue weighted by Gasteiger charge is -2.31. The molecule has 5 nitrogen and oxygen atoms in total. The fourth-order valence-electron chi connectivity index (χ4n) is 2.88. The first kappa shape index (κ1) is 18.4. The van der Waals surface area contributed by atoms with E-state index in [9.17, 15) is 14.0 Å². The van der Waals surface area contributed by atoms with Crippen LogP contribution in [0.4, 0.5) is 10.1 Å². The normalized spacial score (nSPS) is 15.6. The van der Waals surface area contributed by atoms with Crippen molar-refractivity contribution in [2.24, 2.45) is 17.6 Å². The average molecular weight is 335 g/mol. The van der Waals surface area contributed by atoms with E-state index in [1.54, 1.807) is 11.0 Å². The zero-order valence-corrected chi connectivity index (χ0v) is 14.3. The van der Waals surface area contributed by atoms with Gasteiger partial charge in [0.1, 0.15) is 5.82 Å². The maximum absolute atomic E-state index is 14.2. The fourth-order valence-corrected chi connectivity index (χ4v) is 2.88. The number of benzene rings is 1. The maximum atomic E-state index is 14.2. The van der Waals surface area contributed by atoms with Gasteiger partial charge < -0.3 is 16.0 Å². The molecule has 1 aromatic carbocycles. The molecule has 0 radical (unpaired) electrons. The van der Waals surface area contributed by atoms with Crippen molar-refractivity contribution >= 4 is 17.5 Å². The smallest absolute Gasteiger partial charge is 0.253 e. The summed E-state index contributed by atoms with van der Waals surface area (Å²) in [5, 5.41) is 2.55. The maximum Gasteiger partial charge on any atom is 0.253 e. The molecule has 2 rings (SSSR count). The van der Waals surface area contributed by atoms with E-state index in [2.05, 4.69) is 5.32 Å². The number of amides is 2. The van der Waals surface area contributed by atoms with E-state index in [0.717, 1.165) is 12.8 Å². The molecule has 0 unspecified atom stereocenters. The van der Waals surface area contributed by atoms with E-state index in [1.807, 2.05) is 13.8 Å². The molecule has 1 aliphatic heterocycles. The van der Waals surface area contributed by atoms with Crippen LogP contribution in [0.15, 0.2) is 18.2 Å². The highest BCUT2D eigenvalue weighted by atomic mass is 19.1. The summed E-state index contributed by atoms with van der Waals surface area (Å²) < 4.78 is 14.2. The third-order valence-electron chi connectivity index (χ3n) is 4.32. The minimum Gasteiger partial charge on any atom is -0.339 e.